The zero-order valence-electron chi connectivity index (χ0n) is 12.6. The minimum absolute atomic E-state index is 0.0402. The van der Waals surface area contributed by atoms with Crippen LogP contribution in [0, 0.1) is 5.92 Å². The Labute approximate surface area is 128 Å². The van der Waals surface area contributed by atoms with Crippen molar-refractivity contribution in [2.24, 2.45) is 5.92 Å². The van der Waals surface area contributed by atoms with Crippen LogP contribution in [0.15, 0.2) is 11.8 Å². The van der Waals surface area contributed by atoms with Crippen LogP contribution in [-0.4, -0.2) is 47.4 Å². The van der Waals surface area contributed by atoms with E-state index in [1.54, 1.807) is 0 Å². The minimum atomic E-state index is -1.42. The van der Waals surface area contributed by atoms with Gasteiger partial charge in [0.05, 0.1) is 13.2 Å². The zero-order valence-corrected chi connectivity index (χ0v) is 12.6. The predicted octanol–water partition coefficient (Wildman–Crippen LogP) is 0.946. The molecule has 0 radical (unpaired) electrons. The van der Waals surface area contributed by atoms with Crippen LogP contribution in [0.2, 0.25) is 0 Å². The van der Waals surface area contributed by atoms with Crippen molar-refractivity contribution >= 4 is 17.7 Å². The highest BCUT2D eigenvalue weighted by Crippen LogP contribution is 2.60. The van der Waals surface area contributed by atoms with Gasteiger partial charge in [-0.1, -0.05) is 6.42 Å². The van der Waals surface area contributed by atoms with E-state index in [1.165, 1.54) is 13.2 Å². The van der Waals surface area contributed by atoms with Gasteiger partial charge in [0.25, 0.3) is 0 Å². The van der Waals surface area contributed by atoms with Crippen LogP contribution in [0.4, 0.5) is 0 Å². The summed E-state index contributed by atoms with van der Waals surface area (Å²) < 4.78 is 11.0. The summed E-state index contributed by atoms with van der Waals surface area (Å²) in [6.45, 7) is 0.624. The fraction of sp³-hybridized carbons (Fsp3) is 0.688. The fourth-order valence-electron chi connectivity index (χ4n) is 5.11. The number of ketones is 1. The lowest BCUT2D eigenvalue weighted by molar-refractivity contribution is -0.171. The molecule has 3 aliphatic heterocycles. The molecule has 4 rings (SSSR count). The van der Waals surface area contributed by atoms with Gasteiger partial charge >= 0.3 is 5.97 Å². The number of ether oxygens (including phenoxy) is 2. The number of carbonyl (C=O) groups excluding carboxylic acids is 3. The number of esters is 1. The zero-order chi connectivity index (χ0) is 15.5. The first-order valence-electron chi connectivity index (χ1n) is 7.89. The summed E-state index contributed by atoms with van der Waals surface area (Å²) in [6, 6.07) is 0. The molecule has 1 amide bonds. The van der Waals surface area contributed by atoms with Crippen LogP contribution in [0.3, 0.4) is 0 Å². The normalized spacial score (nSPS) is 40.4. The number of rotatable bonds is 1. The lowest BCUT2D eigenvalue weighted by Crippen LogP contribution is -2.65. The molecule has 3 atom stereocenters. The molecule has 3 fully saturated rings. The number of amides is 1. The Bertz CT molecular complexity index is 612. The lowest BCUT2D eigenvalue weighted by Gasteiger charge is -2.46. The summed E-state index contributed by atoms with van der Waals surface area (Å²) in [6.07, 6.45) is 5.36. The van der Waals surface area contributed by atoms with Crippen molar-refractivity contribution < 1.29 is 23.9 Å². The molecular weight excluding hydrogens is 286 g/mol. The van der Waals surface area contributed by atoms with E-state index in [0.717, 1.165) is 19.3 Å². The predicted molar refractivity (Wildman–Crippen MR) is 74.6 cm³/mol. The second-order valence-electron chi connectivity index (χ2n) is 6.60. The average Bonchev–Trinajstić information content (AvgIpc) is 3.03. The molecule has 0 aromatic carbocycles. The lowest BCUT2D eigenvalue weighted by atomic mass is 9.73. The molecule has 6 heteroatoms. The quantitative estimate of drug-likeness (QED) is 0.674. The number of Topliss-reactive ketones (excluding diaryl/α,β-unsaturated/α-hetero) is 1. The van der Waals surface area contributed by atoms with Gasteiger partial charge in [-0.3, -0.25) is 9.59 Å². The number of hydrogen-bond donors (Lipinski definition) is 0. The van der Waals surface area contributed by atoms with E-state index >= 15 is 0 Å². The van der Waals surface area contributed by atoms with Gasteiger partial charge in [0, 0.05) is 19.4 Å². The van der Waals surface area contributed by atoms with Crippen molar-refractivity contribution in [2.45, 2.75) is 49.7 Å². The van der Waals surface area contributed by atoms with Crippen molar-refractivity contribution in [3.8, 4) is 0 Å². The highest BCUT2D eigenvalue weighted by atomic mass is 16.6. The Morgan fingerprint density at radius 1 is 1.32 bits per heavy atom. The number of methoxy groups -OCH3 is 1. The first-order valence-corrected chi connectivity index (χ1v) is 7.89. The molecule has 3 heterocycles. The first kappa shape index (κ1) is 13.8. The van der Waals surface area contributed by atoms with Gasteiger partial charge in [0.2, 0.25) is 11.5 Å². The summed E-state index contributed by atoms with van der Waals surface area (Å²) in [4.78, 5) is 39.1. The summed E-state index contributed by atoms with van der Waals surface area (Å²) >= 11 is 0. The Morgan fingerprint density at radius 3 is 2.91 bits per heavy atom. The number of hydrogen-bond acceptors (Lipinski definition) is 5. The third kappa shape index (κ3) is 1.34. The third-order valence-corrected chi connectivity index (χ3v) is 5.87. The maximum atomic E-state index is 12.9. The monoisotopic (exact) mass is 305 g/mol. The topological polar surface area (TPSA) is 72.9 Å². The van der Waals surface area contributed by atoms with E-state index in [1.807, 2.05) is 4.90 Å². The summed E-state index contributed by atoms with van der Waals surface area (Å²) in [7, 11) is 1.45. The molecular formula is C16H19NO5. The van der Waals surface area contributed by atoms with Crippen LogP contribution in [0.1, 0.15) is 38.5 Å². The molecule has 1 aliphatic carbocycles. The number of carbonyl (C=O) groups is 3. The summed E-state index contributed by atoms with van der Waals surface area (Å²) in [5, 5.41) is 0. The highest BCUT2D eigenvalue weighted by Gasteiger charge is 2.76. The van der Waals surface area contributed by atoms with E-state index in [9.17, 15) is 14.4 Å². The molecule has 118 valence electrons. The smallest absolute Gasteiger partial charge is 0.335 e. The van der Waals surface area contributed by atoms with Crippen molar-refractivity contribution in [1.29, 1.82) is 0 Å². The molecule has 4 aliphatic rings. The van der Waals surface area contributed by atoms with Crippen LogP contribution < -0.4 is 0 Å². The van der Waals surface area contributed by atoms with Gasteiger partial charge in [-0.05, 0) is 25.2 Å². The van der Waals surface area contributed by atoms with Crippen molar-refractivity contribution in [3.63, 3.8) is 0 Å². The van der Waals surface area contributed by atoms with Crippen LogP contribution in [0.25, 0.3) is 0 Å². The second-order valence-corrected chi connectivity index (χ2v) is 6.60. The van der Waals surface area contributed by atoms with E-state index in [4.69, 9.17) is 9.47 Å². The molecule has 0 bridgehead atoms. The first-order chi connectivity index (χ1) is 10.6. The Kier molecular flexibility index (Phi) is 2.72. The highest BCUT2D eigenvalue weighted by molar-refractivity contribution is 6.04. The minimum Gasteiger partial charge on any atom is -0.496 e. The van der Waals surface area contributed by atoms with Crippen molar-refractivity contribution in [1.82, 2.24) is 4.90 Å². The SMILES string of the molecule is COC1=CC(=O)OC12C(=O)CC1CCCCN3C(=O)CCC132. The fourth-order valence-corrected chi connectivity index (χ4v) is 5.11. The molecule has 2 saturated heterocycles. The van der Waals surface area contributed by atoms with E-state index in [-0.39, 0.29) is 23.4 Å². The van der Waals surface area contributed by atoms with Crippen molar-refractivity contribution in [3.05, 3.63) is 11.8 Å². The Hall–Kier alpha value is -1.85. The van der Waals surface area contributed by atoms with Gasteiger partial charge in [-0.15, -0.1) is 0 Å². The van der Waals surface area contributed by atoms with Gasteiger partial charge in [0.1, 0.15) is 5.54 Å². The molecule has 1 saturated carbocycles. The molecule has 0 aromatic rings. The summed E-state index contributed by atoms with van der Waals surface area (Å²) in [5.41, 5.74) is -2.16. The maximum absolute atomic E-state index is 12.9. The largest absolute Gasteiger partial charge is 0.496 e. The standard InChI is InChI=1S/C16H19NO5/c1-21-12-9-14(20)22-16(12)11(18)8-10-4-2-3-7-17-13(19)5-6-15(10,16)17/h9-10H,2-8H2,1H3. The van der Waals surface area contributed by atoms with Crippen LogP contribution in [-0.2, 0) is 23.9 Å². The van der Waals surface area contributed by atoms with E-state index in [2.05, 4.69) is 0 Å². The molecule has 0 aromatic heterocycles. The van der Waals surface area contributed by atoms with Crippen molar-refractivity contribution in [2.75, 3.05) is 13.7 Å². The van der Waals surface area contributed by atoms with E-state index in [0.29, 0.717) is 25.8 Å². The van der Waals surface area contributed by atoms with E-state index < -0.39 is 17.1 Å². The molecule has 22 heavy (non-hydrogen) atoms. The second kappa shape index (κ2) is 4.33. The van der Waals surface area contributed by atoms with Gasteiger partial charge in [-0.25, -0.2) is 4.79 Å². The average molecular weight is 305 g/mol. The molecule has 6 nitrogen and oxygen atoms in total. The van der Waals surface area contributed by atoms with Crippen LogP contribution >= 0.6 is 0 Å². The Morgan fingerprint density at radius 2 is 2.14 bits per heavy atom. The number of nitrogens with zero attached hydrogens (tertiary/aromatic N) is 1. The Balaban J connectivity index is 1.94. The van der Waals surface area contributed by atoms with Crippen LogP contribution in [0.5, 0.6) is 0 Å². The third-order valence-electron chi connectivity index (χ3n) is 5.87. The molecule has 2 spiro atoms. The van der Waals surface area contributed by atoms with Gasteiger partial charge in [-0.2, -0.15) is 0 Å². The summed E-state index contributed by atoms with van der Waals surface area (Å²) in [5.74, 6) is -0.314. The molecule has 0 N–H and O–H groups in total. The van der Waals surface area contributed by atoms with Gasteiger partial charge < -0.3 is 14.4 Å². The van der Waals surface area contributed by atoms with Gasteiger partial charge in [0.15, 0.2) is 11.5 Å². The molecule has 3 unspecified atom stereocenters. The maximum Gasteiger partial charge on any atom is 0.335 e.